The number of hydrogen-bond donors (Lipinski definition) is 0. The molecule has 2 heteroatoms. The maximum absolute atomic E-state index is 5.74. The standard InChI is InChI=1S/C17H15NO/c1-2-19-16-12-14-10-6-7-11-15(14)18-17(16)13-8-4-3-5-9-13/h3-12H,2H2,1H3. The first-order valence-electron chi connectivity index (χ1n) is 6.46. The largest absolute Gasteiger partial charge is 0.492 e. The van der Waals surface area contributed by atoms with Crippen molar-refractivity contribution in [2.24, 2.45) is 0 Å². The third-order valence-corrected chi connectivity index (χ3v) is 3.04. The Morgan fingerprint density at radius 1 is 0.947 bits per heavy atom. The maximum Gasteiger partial charge on any atom is 0.146 e. The molecule has 0 spiro atoms. The van der Waals surface area contributed by atoms with Crippen molar-refractivity contribution in [1.82, 2.24) is 4.98 Å². The van der Waals surface area contributed by atoms with Crippen LogP contribution in [0.2, 0.25) is 0 Å². The minimum absolute atomic E-state index is 0.639. The molecule has 1 aromatic heterocycles. The van der Waals surface area contributed by atoms with Crippen molar-refractivity contribution in [2.75, 3.05) is 6.61 Å². The predicted octanol–water partition coefficient (Wildman–Crippen LogP) is 4.30. The van der Waals surface area contributed by atoms with Gasteiger partial charge in [0.05, 0.1) is 12.1 Å². The van der Waals surface area contributed by atoms with E-state index in [-0.39, 0.29) is 0 Å². The lowest BCUT2D eigenvalue weighted by Crippen LogP contribution is -1.96. The highest BCUT2D eigenvalue weighted by Crippen LogP contribution is 2.31. The summed E-state index contributed by atoms with van der Waals surface area (Å²) in [6.45, 7) is 2.63. The second-order valence-electron chi connectivity index (χ2n) is 4.33. The fraction of sp³-hybridized carbons (Fsp3) is 0.118. The molecule has 0 N–H and O–H groups in total. The molecule has 2 nitrogen and oxygen atoms in total. The number of ether oxygens (including phenoxy) is 1. The van der Waals surface area contributed by atoms with Crippen molar-refractivity contribution in [3.8, 4) is 17.0 Å². The van der Waals surface area contributed by atoms with E-state index in [1.165, 1.54) is 0 Å². The Balaban J connectivity index is 2.23. The summed E-state index contributed by atoms with van der Waals surface area (Å²) in [6.07, 6.45) is 0. The Labute approximate surface area is 112 Å². The molecule has 0 saturated heterocycles. The van der Waals surface area contributed by atoms with Crippen LogP contribution in [-0.4, -0.2) is 11.6 Å². The van der Waals surface area contributed by atoms with Gasteiger partial charge in [0.15, 0.2) is 0 Å². The topological polar surface area (TPSA) is 22.1 Å². The summed E-state index contributed by atoms with van der Waals surface area (Å²) >= 11 is 0. The molecule has 1 heterocycles. The summed E-state index contributed by atoms with van der Waals surface area (Å²) in [5.74, 6) is 0.840. The Morgan fingerprint density at radius 3 is 2.47 bits per heavy atom. The Bertz CT molecular complexity index is 692. The number of fused-ring (bicyclic) bond motifs is 1. The first-order chi connectivity index (χ1) is 9.38. The van der Waals surface area contributed by atoms with Crippen LogP contribution >= 0.6 is 0 Å². The smallest absolute Gasteiger partial charge is 0.146 e. The van der Waals surface area contributed by atoms with Crippen LogP contribution in [0.5, 0.6) is 5.75 Å². The maximum atomic E-state index is 5.74. The lowest BCUT2D eigenvalue weighted by molar-refractivity contribution is 0.341. The Morgan fingerprint density at radius 2 is 1.68 bits per heavy atom. The van der Waals surface area contributed by atoms with Crippen LogP contribution in [0.1, 0.15) is 6.92 Å². The van der Waals surface area contributed by atoms with Crippen LogP contribution in [0.3, 0.4) is 0 Å². The van der Waals surface area contributed by atoms with E-state index in [9.17, 15) is 0 Å². The fourth-order valence-corrected chi connectivity index (χ4v) is 2.16. The highest BCUT2D eigenvalue weighted by Gasteiger charge is 2.09. The van der Waals surface area contributed by atoms with Crippen molar-refractivity contribution in [3.63, 3.8) is 0 Å². The van der Waals surface area contributed by atoms with E-state index >= 15 is 0 Å². The second-order valence-corrected chi connectivity index (χ2v) is 4.33. The van der Waals surface area contributed by atoms with E-state index in [1.807, 2.05) is 43.3 Å². The highest BCUT2D eigenvalue weighted by atomic mass is 16.5. The zero-order valence-electron chi connectivity index (χ0n) is 10.8. The van der Waals surface area contributed by atoms with E-state index < -0.39 is 0 Å². The Hall–Kier alpha value is -2.35. The summed E-state index contributed by atoms with van der Waals surface area (Å²) in [4.78, 5) is 4.74. The van der Waals surface area contributed by atoms with Crippen molar-refractivity contribution >= 4 is 10.9 Å². The number of aromatic nitrogens is 1. The summed E-state index contributed by atoms with van der Waals surface area (Å²) in [5.41, 5.74) is 2.97. The molecule has 0 aliphatic carbocycles. The van der Waals surface area contributed by atoms with Gasteiger partial charge in [0.1, 0.15) is 11.4 Å². The number of rotatable bonds is 3. The van der Waals surface area contributed by atoms with E-state index in [0.29, 0.717) is 6.61 Å². The van der Waals surface area contributed by atoms with Gasteiger partial charge in [-0.2, -0.15) is 0 Å². The van der Waals surface area contributed by atoms with Crippen LogP contribution in [0.15, 0.2) is 60.7 Å². The minimum atomic E-state index is 0.639. The Kier molecular flexibility index (Phi) is 3.15. The predicted molar refractivity (Wildman–Crippen MR) is 78.3 cm³/mol. The molecule has 0 saturated carbocycles. The van der Waals surface area contributed by atoms with Crippen LogP contribution in [0, 0.1) is 0 Å². The third kappa shape index (κ3) is 2.29. The molecule has 3 aromatic rings. The van der Waals surface area contributed by atoms with Gasteiger partial charge in [-0.1, -0.05) is 48.5 Å². The van der Waals surface area contributed by atoms with E-state index in [4.69, 9.17) is 9.72 Å². The number of hydrogen-bond acceptors (Lipinski definition) is 2. The van der Waals surface area contributed by atoms with Gasteiger partial charge >= 0.3 is 0 Å². The molecular formula is C17H15NO. The van der Waals surface area contributed by atoms with Crippen LogP contribution in [0.25, 0.3) is 22.2 Å². The van der Waals surface area contributed by atoms with Gasteiger partial charge in [-0.05, 0) is 19.1 Å². The number of nitrogens with zero attached hydrogens (tertiary/aromatic N) is 1. The molecule has 0 aliphatic heterocycles. The summed E-state index contributed by atoms with van der Waals surface area (Å²) < 4.78 is 5.74. The molecule has 3 rings (SSSR count). The summed E-state index contributed by atoms with van der Waals surface area (Å²) in [5, 5.41) is 1.10. The van der Waals surface area contributed by atoms with Crippen molar-refractivity contribution in [2.45, 2.75) is 6.92 Å². The molecule has 94 valence electrons. The average molecular weight is 249 g/mol. The van der Waals surface area contributed by atoms with Crippen molar-refractivity contribution in [1.29, 1.82) is 0 Å². The summed E-state index contributed by atoms with van der Waals surface area (Å²) in [7, 11) is 0. The second kappa shape index (κ2) is 5.11. The van der Waals surface area contributed by atoms with Gasteiger partial charge in [-0.3, -0.25) is 0 Å². The molecule has 0 atom stereocenters. The zero-order valence-corrected chi connectivity index (χ0v) is 10.8. The fourth-order valence-electron chi connectivity index (χ4n) is 2.16. The number of pyridine rings is 1. The normalized spacial score (nSPS) is 10.6. The third-order valence-electron chi connectivity index (χ3n) is 3.04. The van der Waals surface area contributed by atoms with Gasteiger partial charge in [-0.15, -0.1) is 0 Å². The molecule has 0 bridgehead atoms. The van der Waals surface area contributed by atoms with Gasteiger partial charge in [0.2, 0.25) is 0 Å². The monoisotopic (exact) mass is 249 g/mol. The van der Waals surface area contributed by atoms with Crippen LogP contribution in [0.4, 0.5) is 0 Å². The van der Waals surface area contributed by atoms with Gasteiger partial charge in [0, 0.05) is 10.9 Å². The first kappa shape index (κ1) is 11.7. The minimum Gasteiger partial charge on any atom is -0.492 e. The molecule has 0 unspecified atom stereocenters. The first-order valence-corrected chi connectivity index (χ1v) is 6.46. The van der Waals surface area contributed by atoms with E-state index in [2.05, 4.69) is 24.3 Å². The van der Waals surface area contributed by atoms with Crippen LogP contribution < -0.4 is 4.74 Å². The van der Waals surface area contributed by atoms with Gasteiger partial charge in [-0.25, -0.2) is 4.98 Å². The molecule has 0 radical (unpaired) electrons. The SMILES string of the molecule is CCOc1cc2ccccc2nc1-c1ccccc1. The number of para-hydroxylation sites is 1. The summed E-state index contributed by atoms with van der Waals surface area (Å²) in [6, 6.07) is 20.3. The van der Waals surface area contributed by atoms with Crippen LogP contribution in [-0.2, 0) is 0 Å². The number of benzene rings is 2. The molecule has 19 heavy (non-hydrogen) atoms. The lowest BCUT2D eigenvalue weighted by Gasteiger charge is -2.11. The molecule has 0 fully saturated rings. The van der Waals surface area contributed by atoms with Gasteiger partial charge < -0.3 is 4.74 Å². The highest BCUT2D eigenvalue weighted by molar-refractivity contribution is 5.84. The van der Waals surface area contributed by atoms with E-state index in [1.54, 1.807) is 0 Å². The molecular weight excluding hydrogens is 234 g/mol. The quantitative estimate of drug-likeness (QED) is 0.690. The zero-order chi connectivity index (χ0) is 13.1. The molecule has 0 aliphatic rings. The van der Waals surface area contributed by atoms with Gasteiger partial charge in [0.25, 0.3) is 0 Å². The lowest BCUT2D eigenvalue weighted by atomic mass is 10.1. The van der Waals surface area contributed by atoms with Crippen molar-refractivity contribution in [3.05, 3.63) is 60.7 Å². The molecule has 0 amide bonds. The van der Waals surface area contributed by atoms with Crippen molar-refractivity contribution < 1.29 is 4.74 Å². The van der Waals surface area contributed by atoms with E-state index in [0.717, 1.165) is 27.9 Å². The average Bonchev–Trinajstić information content (AvgIpc) is 2.48. The molecule has 2 aromatic carbocycles.